The summed E-state index contributed by atoms with van der Waals surface area (Å²) in [5.41, 5.74) is 0. The summed E-state index contributed by atoms with van der Waals surface area (Å²) in [5.74, 6) is 0.659. The molecule has 0 aromatic rings. The van der Waals surface area contributed by atoms with E-state index in [0.717, 1.165) is 5.03 Å². The molecule has 34 valence electrons. The van der Waals surface area contributed by atoms with Gasteiger partial charge in [0.15, 0.2) is 0 Å². The molecule has 1 unspecified atom stereocenters. The fourth-order valence-electron chi connectivity index (χ4n) is 0.443. The first-order chi connectivity index (χ1) is 2.80. The molecule has 1 heteroatoms. The Balaban J connectivity index is 2.51. The molecule has 0 saturated carbocycles. The first-order valence-electron chi connectivity index (χ1n) is 2.16. The lowest BCUT2D eigenvalue weighted by Crippen LogP contribution is -2.01. The Bertz CT molecular complexity index is 83.9. The Morgan fingerprint density at radius 3 is 2.50 bits per heavy atom. The Kier molecular flexibility index (Phi) is 0.886. The SMILES string of the molecule is CC1CC=C1Cl. The van der Waals surface area contributed by atoms with Crippen molar-refractivity contribution in [1.29, 1.82) is 0 Å². The van der Waals surface area contributed by atoms with Crippen LogP contribution in [0.5, 0.6) is 0 Å². The van der Waals surface area contributed by atoms with Crippen molar-refractivity contribution in [2.75, 3.05) is 0 Å². The van der Waals surface area contributed by atoms with Gasteiger partial charge in [0.1, 0.15) is 0 Å². The fraction of sp³-hybridized carbons (Fsp3) is 0.600. The van der Waals surface area contributed by atoms with Crippen LogP contribution in [-0.4, -0.2) is 0 Å². The zero-order valence-corrected chi connectivity index (χ0v) is 4.50. The first kappa shape index (κ1) is 4.20. The third-order valence-corrected chi connectivity index (χ3v) is 1.66. The molecule has 0 aliphatic heterocycles. The molecule has 0 amide bonds. The maximum atomic E-state index is 5.56. The Hall–Kier alpha value is 0.0300. The van der Waals surface area contributed by atoms with Crippen molar-refractivity contribution in [3.8, 4) is 0 Å². The minimum atomic E-state index is 0.659. The summed E-state index contributed by atoms with van der Waals surface area (Å²) in [5, 5.41) is 1.04. The highest BCUT2D eigenvalue weighted by atomic mass is 35.5. The fourth-order valence-corrected chi connectivity index (χ4v) is 0.621. The van der Waals surface area contributed by atoms with Crippen LogP contribution in [0.1, 0.15) is 13.3 Å². The maximum absolute atomic E-state index is 5.56. The largest absolute Gasteiger partial charge is 0.0892 e. The molecule has 0 bridgehead atoms. The topological polar surface area (TPSA) is 0 Å². The molecule has 0 nitrogen and oxygen atoms in total. The lowest BCUT2D eigenvalue weighted by atomic mass is 9.98. The van der Waals surface area contributed by atoms with E-state index in [1.54, 1.807) is 0 Å². The van der Waals surface area contributed by atoms with E-state index in [2.05, 4.69) is 6.92 Å². The number of rotatable bonds is 0. The molecule has 0 saturated heterocycles. The van der Waals surface area contributed by atoms with E-state index < -0.39 is 0 Å². The second-order valence-corrected chi connectivity index (χ2v) is 2.16. The van der Waals surface area contributed by atoms with E-state index in [1.165, 1.54) is 6.42 Å². The van der Waals surface area contributed by atoms with Gasteiger partial charge in [0.25, 0.3) is 0 Å². The number of hydrogen-bond donors (Lipinski definition) is 0. The minimum absolute atomic E-state index is 0.659. The Labute approximate surface area is 42.8 Å². The molecule has 0 aromatic heterocycles. The van der Waals surface area contributed by atoms with Gasteiger partial charge in [0.05, 0.1) is 0 Å². The Morgan fingerprint density at radius 1 is 2.00 bits per heavy atom. The van der Waals surface area contributed by atoms with E-state index in [4.69, 9.17) is 11.6 Å². The summed E-state index contributed by atoms with van der Waals surface area (Å²) >= 11 is 5.56. The summed E-state index contributed by atoms with van der Waals surface area (Å²) in [6.07, 6.45) is 3.23. The van der Waals surface area contributed by atoms with Crippen molar-refractivity contribution >= 4 is 11.6 Å². The third-order valence-electron chi connectivity index (χ3n) is 1.14. The lowest BCUT2D eigenvalue weighted by Gasteiger charge is -2.15. The van der Waals surface area contributed by atoms with Gasteiger partial charge >= 0.3 is 0 Å². The van der Waals surface area contributed by atoms with Gasteiger partial charge < -0.3 is 0 Å². The summed E-state index contributed by atoms with van der Waals surface area (Å²) in [6, 6.07) is 0. The van der Waals surface area contributed by atoms with Gasteiger partial charge in [-0.15, -0.1) is 0 Å². The number of hydrogen-bond acceptors (Lipinski definition) is 0. The van der Waals surface area contributed by atoms with Crippen LogP contribution in [0, 0.1) is 5.92 Å². The van der Waals surface area contributed by atoms with E-state index in [1.807, 2.05) is 6.08 Å². The molecule has 0 heterocycles. The monoisotopic (exact) mass is 102 g/mol. The van der Waals surface area contributed by atoms with Crippen LogP contribution < -0.4 is 0 Å². The smallest absolute Gasteiger partial charge is 0.0172 e. The third kappa shape index (κ3) is 0.454. The van der Waals surface area contributed by atoms with Crippen LogP contribution in [0.2, 0.25) is 0 Å². The average molecular weight is 103 g/mol. The second kappa shape index (κ2) is 1.27. The normalized spacial score (nSPS) is 31.7. The molecule has 6 heavy (non-hydrogen) atoms. The lowest BCUT2D eigenvalue weighted by molar-refractivity contribution is 0.663. The van der Waals surface area contributed by atoms with Crippen LogP contribution in [-0.2, 0) is 0 Å². The molecule has 1 rings (SSSR count). The molecule has 1 aliphatic carbocycles. The molecule has 0 N–H and O–H groups in total. The molecule has 1 atom stereocenters. The van der Waals surface area contributed by atoms with Crippen molar-refractivity contribution in [2.45, 2.75) is 13.3 Å². The summed E-state index contributed by atoms with van der Waals surface area (Å²) in [6.45, 7) is 2.13. The van der Waals surface area contributed by atoms with Gasteiger partial charge in [-0.05, 0) is 12.3 Å². The summed E-state index contributed by atoms with van der Waals surface area (Å²) in [7, 11) is 0. The zero-order valence-electron chi connectivity index (χ0n) is 3.74. The minimum Gasteiger partial charge on any atom is -0.0892 e. The predicted octanol–water partition coefficient (Wildman–Crippen LogP) is 2.15. The van der Waals surface area contributed by atoms with Crippen LogP contribution >= 0.6 is 11.6 Å². The van der Waals surface area contributed by atoms with Gasteiger partial charge in [-0.3, -0.25) is 0 Å². The molecule has 0 aromatic carbocycles. The standard InChI is InChI=1S/C5H7Cl/c1-4-2-3-5(4)6/h3-4H,2H2,1H3. The van der Waals surface area contributed by atoms with Crippen LogP contribution in [0.3, 0.4) is 0 Å². The van der Waals surface area contributed by atoms with Crippen LogP contribution in [0.4, 0.5) is 0 Å². The molecular weight excluding hydrogens is 95.5 g/mol. The summed E-state index contributed by atoms with van der Waals surface area (Å²) < 4.78 is 0. The molecule has 0 spiro atoms. The highest BCUT2D eigenvalue weighted by Gasteiger charge is 2.11. The van der Waals surface area contributed by atoms with Gasteiger partial charge in [-0.25, -0.2) is 0 Å². The molecule has 1 aliphatic rings. The van der Waals surface area contributed by atoms with E-state index in [-0.39, 0.29) is 0 Å². The van der Waals surface area contributed by atoms with E-state index in [0.29, 0.717) is 5.92 Å². The van der Waals surface area contributed by atoms with Gasteiger partial charge in [0, 0.05) is 5.03 Å². The van der Waals surface area contributed by atoms with Gasteiger partial charge in [-0.2, -0.15) is 0 Å². The van der Waals surface area contributed by atoms with Crippen molar-refractivity contribution in [2.24, 2.45) is 5.92 Å². The maximum Gasteiger partial charge on any atom is 0.0172 e. The van der Waals surface area contributed by atoms with E-state index >= 15 is 0 Å². The van der Waals surface area contributed by atoms with Crippen molar-refractivity contribution < 1.29 is 0 Å². The highest BCUT2D eigenvalue weighted by molar-refractivity contribution is 6.30. The quantitative estimate of drug-likeness (QED) is 0.440. The molecular formula is C5H7Cl. The molecule has 0 radical (unpaired) electrons. The van der Waals surface area contributed by atoms with Gasteiger partial charge in [0.2, 0.25) is 0 Å². The van der Waals surface area contributed by atoms with Crippen LogP contribution in [0.15, 0.2) is 11.1 Å². The van der Waals surface area contributed by atoms with Crippen molar-refractivity contribution in [3.05, 3.63) is 11.1 Å². The van der Waals surface area contributed by atoms with Gasteiger partial charge in [-0.1, -0.05) is 24.6 Å². The second-order valence-electron chi connectivity index (χ2n) is 1.73. The van der Waals surface area contributed by atoms with Crippen molar-refractivity contribution in [1.82, 2.24) is 0 Å². The predicted molar refractivity (Wildman–Crippen MR) is 27.7 cm³/mol. The molecule has 0 fully saturated rings. The number of allylic oxidation sites excluding steroid dienone is 2. The summed E-state index contributed by atoms with van der Waals surface area (Å²) in [4.78, 5) is 0. The van der Waals surface area contributed by atoms with Crippen molar-refractivity contribution in [3.63, 3.8) is 0 Å². The first-order valence-corrected chi connectivity index (χ1v) is 2.54. The zero-order chi connectivity index (χ0) is 4.57. The number of halogens is 1. The Morgan fingerprint density at radius 2 is 2.50 bits per heavy atom. The highest BCUT2D eigenvalue weighted by Crippen LogP contribution is 2.28. The average Bonchev–Trinajstić information content (AvgIpc) is 1.61. The van der Waals surface area contributed by atoms with Crippen LogP contribution in [0.25, 0.3) is 0 Å². The van der Waals surface area contributed by atoms with E-state index in [9.17, 15) is 0 Å².